The Morgan fingerprint density at radius 3 is 2.36 bits per heavy atom. The Morgan fingerprint density at radius 1 is 0.917 bits per heavy atom. The van der Waals surface area contributed by atoms with Crippen molar-refractivity contribution in [2.45, 2.75) is 58.5 Å². The number of carboxylic acid groups (broad SMARTS) is 1. The molecule has 0 aliphatic heterocycles. The van der Waals surface area contributed by atoms with Gasteiger partial charge in [0.1, 0.15) is 18.1 Å². The molecule has 1 aliphatic carbocycles. The normalized spacial score (nSPS) is 13.1. The number of anilines is 1. The van der Waals surface area contributed by atoms with Crippen LogP contribution in [0.25, 0.3) is 0 Å². The minimum Gasteiger partial charge on any atom is -0.491 e. The molecule has 0 unspecified atom stereocenters. The molecule has 36 heavy (non-hydrogen) atoms. The third kappa shape index (κ3) is 6.25. The van der Waals surface area contributed by atoms with Crippen molar-refractivity contribution in [3.05, 3.63) is 88.5 Å². The maximum absolute atomic E-state index is 13.1. The first-order valence-electron chi connectivity index (χ1n) is 12.5. The minimum atomic E-state index is -0.861. The Balaban J connectivity index is 1.38. The molecule has 0 saturated heterocycles. The van der Waals surface area contributed by atoms with Gasteiger partial charge in [-0.25, -0.2) is 0 Å². The minimum absolute atomic E-state index is 0.0349. The number of nitrogens with one attached hydrogen (secondary N) is 1. The fourth-order valence-electron chi connectivity index (χ4n) is 4.28. The summed E-state index contributed by atoms with van der Waals surface area (Å²) in [5.41, 5.74) is 5.42. The van der Waals surface area contributed by atoms with Crippen molar-refractivity contribution in [1.82, 2.24) is 0 Å². The zero-order chi connectivity index (χ0) is 25.5. The molecule has 1 saturated carbocycles. The number of carbonyl (C=O) groups is 2. The maximum atomic E-state index is 13.1. The molecule has 1 amide bonds. The van der Waals surface area contributed by atoms with Gasteiger partial charge >= 0.3 is 5.97 Å². The Hall–Kier alpha value is -3.80. The highest BCUT2D eigenvalue weighted by molar-refractivity contribution is 6.06. The number of carboxylic acids is 1. The monoisotopic (exact) mass is 487 g/mol. The second-order valence-electron chi connectivity index (χ2n) is 9.32. The van der Waals surface area contributed by atoms with E-state index in [1.54, 1.807) is 18.2 Å². The molecule has 0 aromatic heterocycles. The van der Waals surface area contributed by atoms with Gasteiger partial charge in [0.25, 0.3) is 5.91 Å². The van der Waals surface area contributed by atoms with Gasteiger partial charge in [-0.05, 0) is 85.5 Å². The molecular formula is C30H33NO5. The molecule has 6 nitrogen and oxygen atoms in total. The summed E-state index contributed by atoms with van der Waals surface area (Å²) in [4.78, 5) is 23.8. The van der Waals surface area contributed by atoms with Gasteiger partial charge in [-0.1, -0.05) is 42.8 Å². The quantitative estimate of drug-likeness (QED) is 0.296. The van der Waals surface area contributed by atoms with E-state index in [0.717, 1.165) is 28.4 Å². The third-order valence-electron chi connectivity index (χ3n) is 6.86. The van der Waals surface area contributed by atoms with Gasteiger partial charge in [0.2, 0.25) is 0 Å². The lowest BCUT2D eigenvalue weighted by Crippen LogP contribution is -2.15. The molecule has 0 atom stereocenters. The summed E-state index contributed by atoms with van der Waals surface area (Å²) in [6.45, 7) is 4.61. The molecule has 3 aromatic carbocycles. The van der Waals surface area contributed by atoms with Crippen LogP contribution in [0, 0.1) is 13.8 Å². The van der Waals surface area contributed by atoms with E-state index in [2.05, 4.69) is 29.6 Å². The van der Waals surface area contributed by atoms with Crippen molar-refractivity contribution >= 4 is 17.6 Å². The van der Waals surface area contributed by atoms with Crippen LogP contribution in [0.2, 0.25) is 0 Å². The molecule has 0 bridgehead atoms. The van der Waals surface area contributed by atoms with Crippen molar-refractivity contribution in [2.75, 3.05) is 11.9 Å². The summed E-state index contributed by atoms with van der Waals surface area (Å²) < 4.78 is 11.8. The largest absolute Gasteiger partial charge is 0.491 e. The van der Waals surface area contributed by atoms with Crippen LogP contribution in [0.3, 0.4) is 0 Å². The molecular weight excluding hydrogens is 454 g/mol. The van der Waals surface area contributed by atoms with Gasteiger partial charge < -0.3 is 19.9 Å². The second-order valence-corrected chi connectivity index (χ2v) is 9.32. The highest BCUT2D eigenvalue weighted by Gasteiger charge is 2.19. The van der Waals surface area contributed by atoms with Crippen LogP contribution >= 0.6 is 0 Å². The fourth-order valence-corrected chi connectivity index (χ4v) is 4.28. The van der Waals surface area contributed by atoms with Gasteiger partial charge in [0, 0.05) is 12.0 Å². The van der Waals surface area contributed by atoms with Crippen molar-refractivity contribution in [1.29, 1.82) is 0 Å². The topological polar surface area (TPSA) is 84.9 Å². The van der Waals surface area contributed by atoms with Gasteiger partial charge in [-0.2, -0.15) is 0 Å². The molecule has 2 N–H and O–H groups in total. The lowest BCUT2D eigenvalue weighted by molar-refractivity contribution is -0.137. The summed E-state index contributed by atoms with van der Waals surface area (Å²) in [6.07, 6.45) is 4.34. The van der Waals surface area contributed by atoms with Crippen LogP contribution in [-0.4, -0.2) is 23.6 Å². The third-order valence-corrected chi connectivity index (χ3v) is 6.86. The van der Waals surface area contributed by atoms with Crippen molar-refractivity contribution < 1.29 is 24.2 Å². The van der Waals surface area contributed by atoms with Crippen molar-refractivity contribution in [3.8, 4) is 11.5 Å². The van der Waals surface area contributed by atoms with E-state index in [1.165, 1.54) is 24.8 Å². The maximum Gasteiger partial charge on any atom is 0.303 e. The number of hydrogen-bond acceptors (Lipinski definition) is 4. The van der Waals surface area contributed by atoms with E-state index in [0.29, 0.717) is 30.0 Å². The average Bonchev–Trinajstić information content (AvgIpc) is 2.83. The standard InChI is InChI=1S/C30H33NO5/c1-20-21(2)27(36-19-22-12-14-24(15-13-22)23-7-5-8-23)17-16-25(20)30(34)31-26-9-3-4-10-28(26)35-18-6-11-29(32)33/h3-4,9-10,12-17,23H,5-8,11,18-19H2,1-2H3,(H,31,34)(H,32,33). The molecule has 0 heterocycles. The van der Waals surface area contributed by atoms with Crippen LogP contribution in [0.5, 0.6) is 11.5 Å². The predicted molar refractivity (Wildman–Crippen MR) is 140 cm³/mol. The van der Waals surface area contributed by atoms with Crippen LogP contribution in [0.1, 0.15) is 70.6 Å². The van der Waals surface area contributed by atoms with Crippen LogP contribution in [-0.2, 0) is 11.4 Å². The number of ether oxygens (including phenoxy) is 2. The summed E-state index contributed by atoms with van der Waals surface area (Å²) in [5.74, 6) is 0.887. The summed E-state index contributed by atoms with van der Waals surface area (Å²) in [6, 6.07) is 19.5. The average molecular weight is 488 g/mol. The van der Waals surface area contributed by atoms with Gasteiger partial charge in [-0.3, -0.25) is 9.59 Å². The number of rotatable bonds is 11. The number of benzene rings is 3. The second kappa shape index (κ2) is 11.8. The zero-order valence-corrected chi connectivity index (χ0v) is 20.9. The number of para-hydroxylation sites is 2. The SMILES string of the molecule is Cc1c(OCc2ccc(C3CCC3)cc2)ccc(C(=O)Nc2ccccc2OCCCC(=O)O)c1C. The molecule has 188 valence electrons. The van der Waals surface area contributed by atoms with E-state index in [9.17, 15) is 9.59 Å². The highest BCUT2D eigenvalue weighted by Crippen LogP contribution is 2.36. The van der Waals surface area contributed by atoms with E-state index in [-0.39, 0.29) is 18.9 Å². The van der Waals surface area contributed by atoms with Crippen LogP contribution < -0.4 is 14.8 Å². The van der Waals surface area contributed by atoms with E-state index >= 15 is 0 Å². The van der Waals surface area contributed by atoms with Crippen LogP contribution in [0.15, 0.2) is 60.7 Å². The summed E-state index contributed by atoms with van der Waals surface area (Å²) >= 11 is 0. The van der Waals surface area contributed by atoms with E-state index in [4.69, 9.17) is 14.6 Å². The highest BCUT2D eigenvalue weighted by atomic mass is 16.5. The molecule has 0 radical (unpaired) electrons. The fraction of sp³-hybridized carbons (Fsp3) is 0.333. The number of amides is 1. The molecule has 3 aromatic rings. The summed E-state index contributed by atoms with van der Waals surface area (Å²) in [5, 5.41) is 11.7. The van der Waals surface area contributed by atoms with E-state index < -0.39 is 5.97 Å². The predicted octanol–water partition coefficient (Wildman–Crippen LogP) is 6.65. The summed E-state index contributed by atoms with van der Waals surface area (Å²) in [7, 11) is 0. The zero-order valence-electron chi connectivity index (χ0n) is 20.9. The molecule has 1 fully saturated rings. The Bertz CT molecular complexity index is 1210. The number of hydrogen-bond donors (Lipinski definition) is 2. The van der Waals surface area contributed by atoms with Crippen molar-refractivity contribution in [2.24, 2.45) is 0 Å². The Morgan fingerprint density at radius 2 is 1.67 bits per heavy atom. The first-order valence-corrected chi connectivity index (χ1v) is 12.5. The first kappa shape index (κ1) is 25.3. The Labute approximate surface area is 212 Å². The molecule has 6 heteroatoms. The number of aliphatic carboxylic acids is 1. The van der Waals surface area contributed by atoms with Crippen LogP contribution in [0.4, 0.5) is 5.69 Å². The lowest BCUT2D eigenvalue weighted by Gasteiger charge is -2.25. The molecule has 1 aliphatic rings. The van der Waals surface area contributed by atoms with Gasteiger partial charge in [0.15, 0.2) is 0 Å². The molecule has 0 spiro atoms. The lowest BCUT2D eigenvalue weighted by atomic mass is 9.80. The smallest absolute Gasteiger partial charge is 0.303 e. The molecule has 4 rings (SSSR count). The van der Waals surface area contributed by atoms with Crippen molar-refractivity contribution in [3.63, 3.8) is 0 Å². The van der Waals surface area contributed by atoms with E-state index in [1.807, 2.05) is 32.0 Å². The number of carbonyl (C=O) groups excluding carboxylic acids is 1. The first-order chi connectivity index (χ1) is 17.4. The van der Waals surface area contributed by atoms with Gasteiger partial charge in [-0.15, -0.1) is 0 Å². The van der Waals surface area contributed by atoms with Gasteiger partial charge in [0.05, 0.1) is 12.3 Å². The Kier molecular flexibility index (Phi) is 8.26.